The van der Waals surface area contributed by atoms with E-state index in [0.29, 0.717) is 28.0 Å². The molecule has 0 aliphatic heterocycles. The van der Waals surface area contributed by atoms with Gasteiger partial charge in [-0.1, -0.05) is 0 Å². The van der Waals surface area contributed by atoms with E-state index >= 15 is 0 Å². The van der Waals surface area contributed by atoms with Gasteiger partial charge in [-0.25, -0.2) is 9.97 Å². The molecule has 2 aromatic rings. The zero-order valence-corrected chi connectivity index (χ0v) is 12.6. The Balaban J connectivity index is 2.33. The van der Waals surface area contributed by atoms with Crippen molar-refractivity contribution in [2.24, 2.45) is 0 Å². The monoisotopic (exact) mass is 306 g/mol. The fourth-order valence-electron chi connectivity index (χ4n) is 1.68. The highest BCUT2D eigenvalue weighted by Gasteiger charge is 2.18. The largest absolute Gasteiger partial charge is 0.493 e. The smallest absolute Gasteiger partial charge is 0.227 e. The summed E-state index contributed by atoms with van der Waals surface area (Å²) >= 11 is 0.935. The summed E-state index contributed by atoms with van der Waals surface area (Å²) in [6, 6.07) is 4.88. The Labute approximate surface area is 126 Å². The molecular weight excluding hydrogens is 292 g/mol. The second-order valence-corrected chi connectivity index (χ2v) is 4.77. The fraction of sp³-hybridized carbons (Fsp3) is 0.214. The molecule has 0 unspecified atom stereocenters. The molecule has 0 spiro atoms. The third-order valence-corrected chi connectivity index (χ3v) is 3.44. The van der Waals surface area contributed by atoms with E-state index in [1.165, 1.54) is 21.3 Å². The maximum absolute atomic E-state index is 12.3. The van der Waals surface area contributed by atoms with Gasteiger partial charge < -0.3 is 14.2 Å². The predicted molar refractivity (Wildman–Crippen MR) is 78.3 cm³/mol. The number of carbonyl (C=O) groups is 1. The summed E-state index contributed by atoms with van der Waals surface area (Å²) in [5.41, 5.74) is 0.418. The van der Waals surface area contributed by atoms with Crippen LogP contribution in [0.5, 0.6) is 17.2 Å². The summed E-state index contributed by atoms with van der Waals surface area (Å²) in [6.45, 7) is 0. The number of thioether (sulfide) groups is 1. The number of aromatic nitrogens is 2. The highest BCUT2D eigenvalue weighted by molar-refractivity contribution is 8.14. The van der Waals surface area contributed by atoms with Gasteiger partial charge >= 0.3 is 0 Å². The van der Waals surface area contributed by atoms with Crippen LogP contribution in [0, 0.1) is 0 Å². The van der Waals surface area contributed by atoms with E-state index in [4.69, 9.17) is 14.2 Å². The Hall–Kier alpha value is -2.28. The average Bonchev–Trinajstić information content (AvgIpc) is 2.54. The summed E-state index contributed by atoms with van der Waals surface area (Å²) < 4.78 is 15.7. The maximum Gasteiger partial charge on any atom is 0.227 e. The molecule has 0 amide bonds. The van der Waals surface area contributed by atoms with Crippen LogP contribution in [0.3, 0.4) is 0 Å². The summed E-state index contributed by atoms with van der Waals surface area (Å²) in [6.07, 6.45) is 3.16. The summed E-state index contributed by atoms with van der Waals surface area (Å²) in [4.78, 5) is 20.3. The summed E-state index contributed by atoms with van der Waals surface area (Å²) in [7, 11) is 4.51. The minimum Gasteiger partial charge on any atom is -0.493 e. The van der Waals surface area contributed by atoms with Gasteiger partial charge in [-0.2, -0.15) is 0 Å². The van der Waals surface area contributed by atoms with Crippen LogP contribution in [0.2, 0.25) is 0 Å². The van der Waals surface area contributed by atoms with E-state index in [-0.39, 0.29) is 5.12 Å². The lowest BCUT2D eigenvalue weighted by molar-refractivity contribution is 0.108. The van der Waals surface area contributed by atoms with Crippen LogP contribution in [0.1, 0.15) is 10.4 Å². The van der Waals surface area contributed by atoms with Crippen LogP contribution in [0.4, 0.5) is 0 Å². The van der Waals surface area contributed by atoms with Gasteiger partial charge in [0.1, 0.15) is 0 Å². The number of methoxy groups -OCH3 is 3. The molecule has 110 valence electrons. The van der Waals surface area contributed by atoms with Crippen molar-refractivity contribution >= 4 is 16.9 Å². The first-order chi connectivity index (χ1) is 10.2. The van der Waals surface area contributed by atoms with E-state index in [2.05, 4.69) is 9.97 Å². The molecule has 7 heteroatoms. The molecule has 2 rings (SSSR count). The van der Waals surface area contributed by atoms with Gasteiger partial charge in [-0.15, -0.1) is 0 Å². The normalized spacial score (nSPS) is 10.0. The van der Waals surface area contributed by atoms with Crippen molar-refractivity contribution in [2.75, 3.05) is 21.3 Å². The van der Waals surface area contributed by atoms with Crippen LogP contribution in [0.25, 0.3) is 0 Å². The lowest BCUT2D eigenvalue weighted by Gasteiger charge is -2.13. The minimum atomic E-state index is -0.208. The molecule has 0 aliphatic rings. The highest BCUT2D eigenvalue weighted by Crippen LogP contribution is 2.39. The number of rotatable bonds is 5. The zero-order valence-electron chi connectivity index (χ0n) is 11.8. The Morgan fingerprint density at radius 1 is 1.00 bits per heavy atom. The Morgan fingerprint density at radius 3 is 2.05 bits per heavy atom. The number of ether oxygens (including phenoxy) is 3. The van der Waals surface area contributed by atoms with Crippen LogP contribution in [0.15, 0.2) is 35.7 Å². The van der Waals surface area contributed by atoms with Gasteiger partial charge in [0.05, 0.1) is 21.3 Å². The van der Waals surface area contributed by atoms with Crippen molar-refractivity contribution < 1.29 is 19.0 Å². The maximum atomic E-state index is 12.3. The van der Waals surface area contributed by atoms with Crippen molar-refractivity contribution in [2.45, 2.75) is 5.16 Å². The molecule has 6 nitrogen and oxygen atoms in total. The van der Waals surface area contributed by atoms with Crippen molar-refractivity contribution in [3.63, 3.8) is 0 Å². The topological polar surface area (TPSA) is 70.5 Å². The van der Waals surface area contributed by atoms with Gasteiger partial charge in [0.2, 0.25) is 10.9 Å². The van der Waals surface area contributed by atoms with Crippen molar-refractivity contribution in [1.82, 2.24) is 9.97 Å². The van der Waals surface area contributed by atoms with Crippen LogP contribution < -0.4 is 14.2 Å². The van der Waals surface area contributed by atoms with Gasteiger partial charge in [-0.3, -0.25) is 4.79 Å². The molecule has 0 N–H and O–H groups in total. The molecule has 0 fully saturated rings. The molecule has 1 aromatic carbocycles. The van der Waals surface area contributed by atoms with Crippen LogP contribution in [-0.4, -0.2) is 36.4 Å². The van der Waals surface area contributed by atoms with E-state index < -0.39 is 0 Å². The first-order valence-electron chi connectivity index (χ1n) is 5.98. The lowest BCUT2D eigenvalue weighted by atomic mass is 10.2. The third-order valence-electron chi connectivity index (χ3n) is 2.63. The summed E-state index contributed by atoms with van der Waals surface area (Å²) in [5, 5.41) is 0.178. The molecule has 0 saturated carbocycles. The Bertz CT molecular complexity index is 609. The lowest BCUT2D eigenvalue weighted by Crippen LogP contribution is -2.00. The molecule has 0 atom stereocenters. The van der Waals surface area contributed by atoms with Gasteiger partial charge in [0, 0.05) is 18.0 Å². The van der Waals surface area contributed by atoms with Gasteiger partial charge in [0.25, 0.3) is 0 Å². The first-order valence-corrected chi connectivity index (χ1v) is 6.80. The SMILES string of the molecule is COc1cc(C(=O)Sc2ncccn2)cc(OC)c1OC. The molecule has 0 radical (unpaired) electrons. The predicted octanol–water partition coefficient (Wildman–Crippen LogP) is 2.43. The minimum absolute atomic E-state index is 0.208. The highest BCUT2D eigenvalue weighted by atomic mass is 32.2. The van der Waals surface area contributed by atoms with Gasteiger partial charge in [-0.05, 0) is 30.0 Å². The van der Waals surface area contributed by atoms with Crippen molar-refractivity contribution in [1.29, 1.82) is 0 Å². The average molecular weight is 306 g/mol. The van der Waals surface area contributed by atoms with E-state index in [9.17, 15) is 4.79 Å². The molecule has 21 heavy (non-hydrogen) atoms. The Morgan fingerprint density at radius 2 is 1.57 bits per heavy atom. The molecule has 1 aromatic heterocycles. The van der Waals surface area contributed by atoms with Crippen LogP contribution >= 0.6 is 11.8 Å². The van der Waals surface area contributed by atoms with Gasteiger partial charge in [0.15, 0.2) is 16.7 Å². The molecule has 0 saturated heterocycles. The Kier molecular flexibility index (Phi) is 4.99. The van der Waals surface area contributed by atoms with Crippen molar-refractivity contribution in [3.05, 3.63) is 36.2 Å². The number of carbonyl (C=O) groups excluding carboxylic acids is 1. The quantitative estimate of drug-likeness (QED) is 0.620. The van der Waals surface area contributed by atoms with E-state index in [1.807, 2.05) is 0 Å². The molecular formula is C14H14N2O4S. The number of nitrogens with zero attached hydrogens (tertiary/aromatic N) is 2. The third kappa shape index (κ3) is 3.43. The number of benzene rings is 1. The number of hydrogen-bond donors (Lipinski definition) is 0. The fourth-order valence-corrected chi connectivity index (χ4v) is 2.31. The van der Waals surface area contributed by atoms with E-state index in [1.54, 1.807) is 30.6 Å². The molecule has 1 heterocycles. The van der Waals surface area contributed by atoms with Crippen LogP contribution in [-0.2, 0) is 0 Å². The molecule has 0 bridgehead atoms. The summed E-state index contributed by atoms with van der Waals surface area (Å²) in [5.74, 6) is 1.29. The second kappa shape index (κ2) is 6.94. The van der Waals surface area contributed by atoms with Crippen molar-refractivity contribution in [3.8, 4) is 17.2 Å². The second-order valence-electron chi connectivity index (χ2n) is 3.83. The standard InChI is InChI=1S/C14H14N2O4S/c1-18-10-7-9(8-11(19-2)12(10)20-3)13(17)21-14-15-5-4-6-16-14/h4-8H,1-3H3. The first kappa shape index (κ1) is 15.1. The van der Waals surface area contributed by atoms with E-state index in [0.717, 1.165) is 11.8 Å². The molecule has 0 aliphatic carbocycles. The zero-order chi connectivity index (χ0) is 15.2. The number of hydrogen-bond acceptors (Lipinski definition) is 7.